The Morgan fingerprint density at radius 3 is 2.74 bits per heavy atom. The summed E-state index contributed by atoms with van der Waals surface area (Å²) >= 11 is 0. The van der Waals surface area contributed by atoms with Gasteiger partial charge in [-0.15, -0.1) is 0 Å². The summed E-state index contributed by atoms with van der Waals surface area (Å²) in [5.41, 5.74) is 6.14. The number of carbonyl (C=O) groups excluding carboxylic acids is 1. The summed E-state index contributed by atoms with van der Waals surface area (Å²) in [5, 5.41) is 8.93. The van der Waals surface area contributed by atoms with Gasteiger partial charge in [0.05, 0.1) is 0 Å². The van der Waals surface area contributed by atoms with Crippen LogP contribution in [0.15, 0.2) is 0 Å². The molecule has 0 bridgehead atoms. The fraction of sp³-hybridized carbons (Fsp3) is 0.933. The quantitative estimate of drug-likeness (QED) is 0.797. The second kappa shape index (κ2) is 7.25. The molecule has 1 aliphatic heterocycles. The van der Waals surface area contributed by atoms with Crippen LogP contribution >= 0.6 is 0 Å². The zero-order valence-electron chi connectivity index (χ0n) is 11.9. The standard InChI is InChI=1S/C15H28N2O2/c16-14-8-2-1-5-12(14)11-15(19)17-9-3-6-13(17)7-4-10-18/h12-14,18H,1-11,16H2. The van der Waals surface area contributed by atoms with Gasteiger partial charge in [-0.05, 0) is 44.4 Å². The monoisotopic (exact) mass is 268 g/mol. The SMILES string of the molecule is NC1CCCCC1CC(=O)N1CCCC1CCCO. The van der Waals surface area contributed by atoms with Crippen LogP contribution in [0.2, 0.25) is 0 Å². The molecule has 4 heteroatoms. The summed E-state index contributed by atoms with van der Waals surface area (Å²) < 4.78 is 0. The lowest BCUT2D eigenvalue weighted by Crippen LogP contribution is -2.40. The molecule has 1 aliphatic carbocycles. The molecule has 1 amide bonds. The van der Waals surface area contributed by atoms with Crippen molar-refractivity contribution in [2.24, 2.45) is 11.7 Å². The van der Waals surface area contributed by atoms with Gasteiger partial charge < -0.3 is 15.7 Å². The Kier molecular flexibility index (Phi) is 5.64. The third kappa shape index (κ3) is 3.93. The lowest BCUT2D eigenvalue weighted by atomic mass is 9.82. The van der Waals surface area contributed by atoms with E-state index in [9.17, 15) is 4.79 Å². The summed E-state index contributed by atoms with van der Waals surface area (Å²) in [5.74, 6) is 0.683. The summed E-state index contributed by atoms with van der Waals surface area (Å²) in [6.07, 6.45) is 9.22. The Bertz CT molecular complexity index is 296. The van der Waals surface area contributed by atoms with Crippen molar-refractivity contribution >= 4 is 5.91 Å². The molecule has 3 N–H and O–H groups in total. The lowest BCUT2D eigenvalue weighted by molar-refractivity contribution is -0.133. The second-order valence-electron chi connectivity index (χ2n) is 6.16. The summed E-state index contributed by atoms with van der Waals surface area (Å²) in [7, 11) is 0. The number of aliphatic hydroxyl groups excluding tert-OH is 1. The molecule has 2 rings (SSSR count). The van der Waals surface area contributed by atoms with Crippen molar-refractivity contribution in [3.63, 3.8) is 0 Å². The van der Waals surface area contributed by atoms with Gasteiger partial charge in [0, 0.05) is 31.7 Å². The molecule has 0 aromatic rings. The van der Waals surface area contributed by atoms with Crippen LogP contribution in [0.1, 0.15) is 57.8 Å². The number of hydrogen-bond acceptors (Lipinski definition) is 3. The van der Waals surface area contributed by atoms with Crippen LogP contribution < -0.4 is 5.73 Å². The fourth-order valence-electron chi connectivity index (χ4n) is 3.62. The van der Waals surface area contributed by atoms with E-state index in [1.54, 1.807) is 0 Å². The average Bonchev–Trinajstić information content (AvgIpc) is 2.87. The number of carbonyl (C=O) groups is 1. The van der Waals surface area contributed by atoms with Crippen molar-refractivity contribution < 1.29 is 9.90 Å². The molecule has 1 heterocycles. The number of amides is 1. The van der Waals surface area contributed by atoms with E-state index < -0.39 is 0 Å². The lowest BCUT2D eigenvalue weighted by Gasteiger charge is -2.31. The molecular formula is C15H28N2O2. The van der Waals surface area contributed by atoms with Crippen molar-refractivity contribution in [1.82, 2.24) is 4.90 Å². The minimum absolute atomic E-state index is 0.219. The molecule has 2 fully saturated rings. The van der Waals surface area contributed by atoms with Gasteiger partial charge in [-0.2, -0.15) is 0 Å². The average molecular weight is 268 g/mol. The first-order valence-corrected chi connectivity index (χ1v) is 7.88. The van der Waals surface area contributed by atoms with Gasteiger partial charge in [-0.25, -0.2) is 0 Å². The van der Waals surface area contributed by atoms with Gasteiger partial charge in [-0.1, -0.05) is 12.8 Å². The topological polar surface area (TPSA) is 66.6 Å². The Labute approximate surface area is 116 Å². The molecule has 1 saturated carbocycles. The normalized spacial score (nSPS) is 31.7. The van der Waals surface area contributed by atoms with Crippen LogP contribution in [-0.2, 0) is 4.79 Å². The highest BCUT2D eigenvalue weighted by Gasteiger charge is 2.31. The molecule has 3 unspecified atom stereocenters. The van der Waals surface area contributed by atoms with Crippen LogP contribution in [-0.4, -0.2) is 41.1 Å². The van der Waals surface area contributed by atoms with Crippen LogP contribution in [0, 0.1) is 5.92 Å². The summed E-state index contributed by atoms with van der Waals surface area (Å²) in [6.45, 7) is 1.13. The first-order valence-electron chi connectivity index (χ1n) is 7.88. The zero-order chi connectivity index (χ0) is 13.7. The fourth-order valence-corrected chi connectivity index (χ4v) is 3.62. The molecule has 4 nitrogen and oxygen atoms in total. The van der Waals surface area contributed by atoms with Crippen LogP contribution in [0.4, 0.5) is 0 Å². The van der Waals surface area contributed by atoms with Gasteiger partial charge >= 0.3 is 0 Å². The van der Waals surface area contributed by atoms with Gasteiger partial charge in [0.25, 0.3) is 0 Å². The molecule has 2 aliphatic rings. The molecule has 19 heavy (non-hydrogen) atoms. The summed E-state index contributed by atoms with van der Waals surface area (Å²) in [4.78, 5) is 14.5. The van der Waals surface area contributed by atoms with E-state index in [2.05, 4.69) is 4.90 Å². The Morgan fingerprint density at radius 1 is 1.21 bits per heavy atom. The van der Waals surface area contributed by atoms with E-state index in [0.717, 1.165) is 45.1 Å². The van der Waals surface area contributed by atoms with E-state index in [-0.39, 0.29) is 12.6 Å². The van der Waals surface area contributed by atoms with E-state index in [1.165, 1.54) is 12.8 Å². The highest BCUT2D eigenvalue weighted by molar-refractivity contribution is 5.77. The Balaban J connectivity index is 1.84. The predicted molar refractivity (Wildman–Crippen MR) is 75.6 cm³/mol. The van der Waals surface area contributed by atoms with E-state index in [1.807, 2.05) is 0 Å². The first kappa shape index (κ1) is 14.8. The van der Waals surface area contributed by atoms with E-state index >= 15 is 0 Å². The third-order valence-electron chi connectivity index (χ3n) is 4.80. The molecular weight excluding hydrogens is 240 g/mol. The highest BCUT2D eigenvalue weighted by atomic mass is 16.3. The van der Waals surface area contributed by atoms with Crippen molar-refractivity contribution in [1.29, 1.82) is 0 Å². The van der Waals surface area contributed by atoms with Gasteiger partial charge in [-0.3, -0.25) is 4.79 Å². The van der Waals surface area contributed by atoms with Crippen LogP contribution in [0.5, 0.6) is 0 Å². The van der Waals surface area contributed by atoms with E-state index in [0.29, 0.717) is 24.3 Å². The van der Waals surface area contributed by atoms with Gasteiger partial charge in [0.1, 0.15) is 0 Å². The number of rotatable bonds is 5. The maximum absolute atomic E-state index is 12.4. The Hall–Kier alpha value is -0.610. The first-order chi connectivity index (χ1) is 9.22. The predicted octanol–water partition coefficient (Wildman–Crippen LogP) is 1.66. The number of hydrogen-bond donors (Lipinski definition) is 2. The minimum Gasteiger partial charge on any atom is -0.396 e. The molecule has 1 saturated heterocycles. The molecule has 110 valence electrons. The smallest absolute Gasteiger partial charge is 0.223 e. The number of likely N-dealkylation sites (tertiary alicyclic amines) is 1. The third-order valence-corrected chi connectivity index (χ3v) is 4.80. The van der Waals surface area contributed by atoms with Crippen molar-refractivity contribution in [3.8, 4) is 0 Å². The van der Waals surface area contributed by atoms with Gasteiger partial charge in [0.2, 0.25) is 5.91 Å². The maximum atomic E-state index is 12.4. The molecule has 3 atom stereocenters. The molecule has 0 spiro atoms. The maximum Gasteiger partial charge on any atom is 0.223 e. The van der Waals surface area contributed by atoms with E-state index in [4.69, 9.17) is 10.8 Å². The summed E-state index contributed by atoms with van der Waals surface area (Å²) in [6, 6.07) is 0.579. The number of nitrogens with two attached hydrogens (primary N) is 1. The van der Waals surface area contributed by atoms with Gasteiger partial charge in [0.15, 0.2) is 0 Å². The van der Waals surface area contributed by atoms with Crippen LogP contribution in [0.25, 0.3) is 0 Å². The molecule has 0 radical (unpaired) electrons. The van der Waals surface area contributed by atoms with Crippen molar-refractivity contribution in [2.45, 2.75) is 69.9 Å². The van der Waals surface area contributed by atoms with Crippen molar-refractivity contribution in [2.75, 3.05) is 13.2 Å². The molecule has 0 aromatic heterocycles. The van der Waals surface area contributed by atoms with Crippen LogP contribution in [0.3, 0.4) is 0 Å². The second-order valence-corrected chi connectivity index (χ2v) is 6.16. The largest absolute Gasteiger partial charge is 0.396 e. The van der Waals surface area contributed by atoms with Crippen molar-refractivity contribution in [3.05, 3.63) is 0 Å². The molecule has 0 aromatic carbocycles. The Morgan fingerprint density at radius 2 is 2.00 bits per heavy atom. The number of aliphatic hydroxyl groups is 1. The number of nitrogens with zero attached hydrogens (tertiary/aromatic N) is 1. The minimum atomic E-state index is 0.219. The zero-order valence-corrected chi connectivity index (χ0v) is 11.9. The highest BCUT2D eigenvalue weighted by Crippen LogP contribution is 2.28.